The molecule has 0 radical (unpaired) electrons. The monoisotopic (exact) mass is 441 g/mol. The second-order valence-corrected chi connectivity index (χ2v) is 10.2. The minimum atomic E-state index is -0.294. The van der Waals surface area contributed by atoms with E-state index in [2.05, 4.69) is 23.6 Å². The van der Waals surface area contributed by atoms with Gasteiger partial charge >= 0.3 is 0 Å². The van der Waals surface area contributed by atoms with Gasteiger partial charge in [-0.2, -0.15) is 5.26 Å². The second kappa shape index (κ2) is 8.94. The highest BCUT2D eigenvalue weighted by molar-refractivity contribution is 5.97. The zero-order valence-corrected chi connectivity index (χ0v) is 19.1. The van der Waals surface area contributed by atoms with Gasteiger partial charge in [0.2, 0.25) is 0 Å². The van der Waals surface area contributed by atoms with Crippen molar-refractivity contribution in [3.05, 3.63) is 66.4 Å². The lowest BCUT2D eigenvalue weighted by Crippen LogP contribution is -2.56. The number of carbonyl (C=O) groups excluding carboxylic acids is 1. The van der Waals surface area contributed by atoms with E-state index in [1.165, 1.54) is 44.7 Å². The molecule has 33 heavy (non-hydrogen) atoms. The molecule has 170 valence electrons. The molecule has 4 aliphatic rings. The van der Waals surface area contributed by atoms with Gasteiger partial charge in [-0.3, -0.25) is 4.79 Å². The molecule has 0 saturated heterocycles. The van der Waals surface area contributed by atoms with Gasteiger partial charge < -0.3 is 15.4 Å². The van der Waals surface area contributed by atoms with Crippen LogP contribution in [-0.4, -0.2) is 11.9 Å². The number of rotatable bonds is 7. The van der Waals surface area contributed by atoms with Gasteiger partial charge in [-0.05, 0) is 105 Å². The maximum atomic E-state index is 12.9. The van der Waals surface area contributed by atoms with Crippen LogP contribution in [0.25, 0.3) is 0 Å². The Morgan fingerprint density at radius 2 is 1.58 bits per heavy atom. The Kier molecular flexibility index (Phi) is 5.85. The third-order valence-corrected chi connectivity index (χ3v) is 7.93. The van der Waals surface area contributed by atoms with E-state index in [9.17, 15) is 10.1 Å². The molecule has 4 fully saturated rings. The van der Waals surface area contributed by atoms with Crippen molar-refractivity contribution in [1.29, 1.82) is 5.26 Å². The van der Waals surface area contributed by atoms with Crippen molar-refractivity contribution in [1.82, 2.24) is 5.32 Å². The first-order chi connectivity index (χ1) is 16.0. The first-order valence-corrected chi connectivity index (χ1v) is 12.0. The molecule has 5 heteroatoms. The minimum absolute atomic E-state index is 0.0876. The molecule has 2 aromatic rings. The summed E-state index contributed by atoms with van der Waals surface area (Å²) in [7, 11) is 0. The molecular weight excluding hydrogens is 410 g/mol. The lowest BCUT2D eigenvalue weighted by atomic mass is 9.48. The predicted molar refractivity (Wildman–Crippen MR) is 128 cm³/mol. The second-order valence-electron chi connectivity index (χ2n) is 10.2. The van der Waals surface area contributed by atoms with Crippen LogP contribution >= 0.6 is 0 Å². The predicted octanol–water partition coefficient (Wildman–Crippen LogP) is 6.02. The summed E-state index contributed by atoms with van der Waals surface area (Å²) in [5, 5.41) is 15.8. The Balaban J connectivity index is 1.19. The van der Waals surface area contributed by atoms with Crippen LogP contribution in [0, 0.1) is 34.5 Å². The lowest BCUT2D eigenvalue weighted by molar-refractivity contribution is -0.122. The SMILES string of the molecule is CC(NC(=O)/C(C#N)=C\Nc1ccc(Oc2ccccc2)cc1)C12CC3CC(CC(C3)C1)C2. The highest BCUT2D eigenvalue weighted by atomic mass is 16.5. The number of nitrogens with one attached hydrogen (secondary N) is 2. The summed E-state index contributed by atoms with van der Waals surface area (Å²) in [4.78, 5) is 12.9. The molecule has 1 amide bonds. The molecular formula is C28H31N3O2. The number of amides is 1. The van der Waals surface area contributed by atoms with Crippen LogP contribution in [0.15, 0.2) is 66.4 Å². The zero-order chi connectivity index (χ0) is 22.8. The van der Waals surface area contributed by atoms with E-state index < -0.39 is 0 Å². The normalized spacial score (nSPS) is 28.6. The molecule has 2 aromatic carbocycles. The van der Waals surface area contributed by atoms with Gasteiger partial charge in [0.1, 0.15) is 23.1 Å². The molecule has 0 aliphatic heterocycles. The summed E-state index contributed by atoms with van der Waals surface area (Å²) < 4.78 is 5.80. The molecule has 4 saturated carbocycles. The van der Waals surface area contributed by atoms with E-state index in [4.69, 9.17) is 4.74 Å². The molecule has 2 N–H and O–H groups in total. The third kappa shape index (κ3) is 4.61. The highest BCUT2D eigenvalue weighted by Crippen LogP contribution is 2.61. The molecule has 5 nitrogen and oxygen atoms in total. The van der Waals surface area contributed by atoms with Gasteiger partial charge in [0.05, 0.1) is 0 Å². The Labute approximate surface area is 195 Å². The maximum Gasteiger partial charge on any atom is 0.263 e. The van der Waals surface area contributed by atoms with Crippen LogP contribution < -0.4 is 15.4 Å². The Hall–Kier alpha value is -3.26. The Morgan fingerprint density at radius 3 is 2.15 bits per heavy atom. The average molecular weight is 442 g/mol. The van der Waals surface area contributed by atoms with Gasteiger partial charge in [0.15, 0.2) is 0 Å². The first-order valence-electron chi connectivity index (χ1n) is 12.0. The lowest BCUT2D eigenvalue weighted by Gasteiger charge is -2.59. The van der Waals surface area contributed by atoms with Crippen molar-refractivity contribution >= 4 is 11.6 Å². The fraction of sp³-hybridized carbons (Fsp3) is 0.429. The standard InChI is InChI=1S/C28H31N3O2/c1-19(28-14-20-11-21(15-28)13-22(12-20)16-28)31-27(32)23(17-29)18-30-24-7-9-26(10-8-24)33-25-5-3-2-4-6-25/h2-10,18-22,30H,11-16H2,1H3,(H,31,32)/b23-18-. The van der Waals surface area contributed by atoms with Gasteiger partial charge in [0, 0.05) is 17.9 Å². The van der Waals surface area contributed by atoms with E-state index in [1.807, 2.05) is 54.6 Å². The van der Waals surface area contributed by atoms with E-state index >= 15 is 0 Å². The minimum Gasteiger partial charge on any atom is -0.457 e. The molecule has 1 atom stereocenters. The first kappa shape index (κ1) is 21.6. The number of hydrogen-bond acceptors (Lipinski definition) is 4. The summed E-state index contributed by atoms with van der Waals surface area (Å²) in [6.45, 7) is 2.14. The van der Waals surface area contributed by atoms with Crippen molar-refractivity contribution in [2.75, 3.05) is 5.32 Å². The maximum absolute atomic E-state index is 12.9. The van der Waals surface area contributed by atoms with Crippen LogP contribution in [0.2, 0.25) is 0 Å². The summed E-state index contributed by atoms with van der Waals surface area (Å²) in [5.74, 6) is 3.69. The van der Waals surface area contributed by atoms with Gasteiger partial charge in [-0.1, -0.05) is 18.2 Å². The summed E-state index contributed by atoms with van der Waals surface area (Å²) in [5.41, 5.74) is 1.09. The van der Waals surface area contributed by atoms with Gasteiger partial charge in [0.25, 0.3) is 5.91 Å². The smallest absolute Gasteiger partial charge is 0.263 e. The van der Waals surface area contributed by atoms with Gasteiger partial charge in [-0.15, -0.1) is 0 Å². The quantitative estimate of drug-likeness (QED) is 0.407. The zero-order valence-electron chi connectivity index (χ0n) is 19.1. The molecule has 0 spiro atoms. The van der Waals surface area contributed by atoms with E-state index in [-0.39, 0.29) is 22.9 Å². The topological polar surface area (TPSA) is 74.2 Å². The highest BCUT2D eigenvalue weighted by Gasteiger charge is 2.53. The number of nitriles is 1. The van der Waals surface area contributed by atoms with Crippen molar-refractivity contribution in [3.8, 4) is 17.6 Å². The number of hydrogen-bond donors (Lipinski definition) is 2. The van der Waals surface area contributed by atoms with Crippen LogP contribution in [-0.2, 0) is 4.79 Å². The van der Waals surface area contributed by atoms with E-state index in [0.29, 0.717) is 0 Å². The van der Waals surface area contributed by atoms with E-state index in [0.717, 1.165) is 34.9 Å². The number of carbonyl (C=O) groups is 1. The summed E-state index contributed by atoms with van der Waals surface area (Å²) >= 11 is 0. The van der Waals surface area contributed by atoms with Crippen LogP contribution in [0.1, 0.15) is 45.4 Å². The summed E-state index contributed by atoms with van der Waals surface area (Å²) in [6.07, 6.45) is 9.30. The molecule has 4 aliphatic carbocycles. The van der Waals surface area contributed by atoms with Crippen molar-refractivity contribution in [2.45, 2.75) is 51.5 Å². The fourth-order valence-electron chi connectivity index (χ4n) is 6.68. The van der Waals surface area contributed by atoms with Crippen molar-refractivity contribution < 1.29 is 9.53 Å². The number of ether oxygens (including phenoxy) is 1. The largest absolute Gasteiger partial charge is 0.457 e. The summed E-state index contributed by atoms with van der Waals surface area (Å²) in [6, 6.07) is 19.2. The fourth-order valence-corrected chi connectivity index (χ4v) is 6.68. The molecule has 4 bridgehead atoms. The molecule has 0 aromatic heterocycles. The van der Waals surface area contributed by atoms with Crippen LogP contribution in [0.4, 0.5) is 5.69 Å². The third-order valence-electron chi connectivity index (χ3n) is 7.93. The molecule has 1 unspecified atom stereocenters. The Morgan fingerprint density at radius 1 is 1.00 bits per heavy atom. The van der Waals surface area contributed by atoms with Crippen molar-refractivity contribution in [2.24, 2.45) is 23.2 Å². The van der Waals surface area contributed by atoms with Crippen LogP contribution in [0.5, 0.6) is 11.5 Å². The van der Waals surface area contributed by atoms with Crippen molar-refractivity contribution in [3.63, 3.8) is 0 Å². The van der Waals surface area contributed by atoms with Crippen LogP contribution in [0.3, 0.4) is 0 Å². The Bertz CT molecular complexity index is 1030. The van der Waals surface area contributed by atoms with Gasteiger partial charge in [-0.25, -0.2) is 0 Å². The average Bonchev–Trinajstić information content (AvgIpc) is 2.80. The molecule has 0 heterocycles. The number of nitrogens with zero attached hydrogens (tertiary/aromatic N) is 1. The number of benzene rings is 2. The van der Waals surface area contributed by atoms with E-state index in [1.54, 1.807) is 0 Å². The number of anilines is 1. The molecule has 6 rings (SSSR count). The number of para-hydroxylation sites is 1.